The molecule has 0 fully saturated rings. The van der Waals surface area contributed by atoms with Crippen LogP contribution in [0.3, 0.4) is 0 Å². The lowest BCUT2D eigenvalue weighted by atomic mass is 10.0. The average Bonchev–Trinajstić information content (AvgIpc) is 3.20. The Labute approximate surface area is 137 Å². The molecule has 1 heteroatoms. The summed E-state index contributed by atoms with van der Waals surface area (Å²) in [6, 6.07) is 21.6. The van der Waals surface area contributed by atoms with E-state index in [0.29, 0.717) is 0 Å². The smallest absolute Gasteiger partial charge is 0.0786 e. The Balaban J connectivity index is 1.86. The van der Waals surface area contributed by atoms with Gasteiger partial charge < -0.3 is 0 Å². The molecule has 110 valence electrons. The summed E-state index contributed by atoms with van der Waals surface area (Å²) in [7, 11) is 0. The molecular formula is C23H13N. The Morgan fingerprint density at radius 2 is 1.25 bits per heavy atom. The average molecular weight is 303 g/mol. The molecule has 24 heavy (non-hydrogen) atoms. The van der Waals surface area contributed by atoms with Crippen LogP contribution in [-0.2, 0) is 0 Å². The molecule has 2 aliphatic rings. The van der Waals surface area contributed by atoms with Crippen molar-refractivity contribution >= 4 is 22.9 Å². The Kier molecular flexibility index (Phi) is 2.15. The highest BCUT2D eigenvalue weighted by molar-refractivity contribution is 5.96. The maximum Gasteiger partial charge on any atom is 0.0786 e. The number of nitrogens with zero attached hydrogens (tertiary/aromatic N) is 1. The number of fused-ring (bicyclic) bond motifs is 7. The van der Waals surface area contributed by atoms with E-state index in [0.717, 1.165) is 5.35 Å². The highest BCUT2D eigenvalue weighted by Gasteiger charge is 2.12. The third-order valence-corrected chi connectivity index (χ3v) is 5.22. The molecular weight excluding hydrogens is 290 g/mol. The predicted molar refractivity (Wildman–Crippen MR) is 96.4 cm³/mol. The van der Waals surface area contributed by atoms with Crippen molar-refractivity contribution in [1.82, 2.24) is 4.98 Å². The second-order valence-electron chi connectivity index (χ2n) is 6.47. The van der Waals surface area contributed by atoms with Gasteiger partial charge in [0, 0.05) is 22.4 Å². The van der Waals surface area contributed by atoms with Crippen molar-refractivity contribution in [2.45, 2.75) is 0 Å². The molecule has 1 heterocycles. The lowest BCUT2D eigenvalue weighted by Gasteiger charge is -2.04. The van der Waals surface area contributed by atoms with E-state index >= 15 is 0 Å². The summed E-state index contributed by atoms with van der Waals surface area (Å²) in [6.45, 7) is 0. The molecule has 0 N–H and O–H groups in total. The fourth-order valence-electron chi connectivity index (χ4n) is 4.11. The van der Waals surface area contributed by atoms with Crippen LogP contribution in [0.5, 0.6) is 0 Å². The maximum absolute atomic E-state index is 4.82. The van der Waals surface area contributed by atoms with Gasteiger partial charge >= 0.3 is 0 Å². The van der Waals surface area contributed by atoms with E-state index in [1.54, 1.807) is 0 Å². The van der Waals surface area contributed by atoms with Gasteiger partial charge in [0.1, 0.15) is 0 Å². The van der Waals surface area contributed by atoms with E-state index in [-0.39, 0.29) is 0 Å². The first-order chi connectivity index (χ1) is 11.9. The Hall–Kier alpha value is -3.19. The number of hydrogen-bond acceptors (Lipinski definition) is 1. The zero-order valence-corrected chi connectivity index (χ0v) is 13.0. The van der Waals surface area contributed by atoms with Gasteiger partial charge in [-0.25, -0.2) is 0 Å². The third kappa shape index (κ3) is 1.42. The zero-order chi connectivity index (χ0) is 15.7. The van der Waals surface area contributed by atoms with E-state index in [2.05, 4.69) is 72.8 Å². The van der Waals surface area contributed by atoms with Crippen LogP contribution < -0.4 is 10.4 Å². The predicted octanol–water partition coefficient (Wildman–Crippen LogP) is 3.09. The summed E-state index contributed by atoms with van der Waals surface area (Å²) in [6.07, 6.45) is 6.61. The summed E-state index contributed by atoms with van der Waals surface area (Å²) >= 11 is 0. The van der Waals surface area contributed by atoms with Crippen LogP contribution in [0.1, 0.15) is 11.1 Å². The molecule has 0 bridgehead atoms. The van der Waals surface area contributed by atoms with Crippen molar-refractivity contribution in [2.75, 3.05) is 0 Å². The Morgan fingerprint density at radius 3 is 2.12 bits per heavy atom. The van der Waals surface area contributed by atoms with Crippen LogP contribution in [0, 0.1) is 21.0 Å². The quantitative estimate of drug-likeness (QED) is 0.420. The minimum atomic E-state index is 1.11. The third-order valence-electron chi connectivity index (χ3n) is 5.22. The van der Waals surface area contributed by atoms with Gasteiger partial charge in [0.05, 0.1) is 5.35 Å². The normalized spacial score (nSPS) is 12.8. The van der Waals surface area contributed by atoms with Crippen LogP contribution in [0.4, 0.5) is 0 Å². The molecule has 3 aromatic carbocycles. The van der Waals surface area contributed by atoms with Gasteiger partial charge in [-0.3, -0.25) is 4.98 Å². The van der Waals surface area contributed by atoms with E-state index in [1.165, 1.54) is 48.0 Å². The zero-order valence-electron chi connectivity index (χ0n) is 13.0. The van der Waals surface area contributed by atoms with Gasteiger partial charge in [-0.2, -0.15) is 0 Å². The first-order valence-electron chi connectivity index (χ1n) is 8.24. The van der Waals surface area contributed by atoms with Crippen molar-refractivity contribution < 1.29 is 0 Å². The lowest BCUT2D eigenvalue weighted by Crippen LogP contribution is -1.97. The van der Waals surface area contributed by atoms with Gasteiger partial charge in [0.25, 0.3) is 0 Å². The molecule has 0 saturated heterocycles. The minimum Gasteiger partial charge on any atom is -0.255 e. The maximum atomic E-state index is 4.82. The van der Waals surface area contributed by atoms with E-state index in [4.69, 9.17) is 4.98 Å². The number of benzene rings is 3. The summed E-state index contributed by atoms with van der Waals surface area (Å²) in [5.41, 5.74) is 2.55. The summed E-state index contributed by atoms with van der Waals surface area (Å²) in [4.78, 5) is 4.82. The molecule has 0 amide bonds. The molecule has 0 atom stereocenters. The second-order valence-corrected chi connectivity index (χ2v) is 6.47. The van der Waals surface area contributed by atoms with Gasteiger partial charge in [0.15, 0.2) is 0 Å². The molecule has 1 aromatic heterocycles. The fourth-order valence-corrected chi connectivity index (χ4v) is 4.11. The highest BCUT2D eigenvalue weighted by atomic mass is 14.7. The summed E-state index contributed by atoms with van der Waals surface area (Å²) in [5.74, 6) is 0. The van der Waals surface area contributed by atoms with Gasteiger partial charge in [-0.15, -0.1) is 0 Å². The first-order valence-corrected chi connectivity index (χ1v) is 8.24. The largest absolute Gasteiger partial charge is 0.255 e. The van der Waals surface area contributed by atoms with Crippen molar-refractivity contribution in [1.29, 1.82) is 0 Å². The Bertz CT molecular complexity index is 1380. The van der Waals surface area contributed by atoms with E-state index < -0.39 is 0 Å². The topological polar surface area (TPSA) is 12.9 Å². The van der Waals surface area contributed by atoms with Crippen molar-refractivity contribution in [2.24, 2.45) is 0 Å². The highest BCUT2D eigenvalue weighted by Crippen LogP contribution is 2.27. The first kappa shape index (κ1) is 12.3. The number of hydrogen-bond donors (Lipinski definition) is 0. The van der Waals surface area contributed by atoms with Crippen LogP contribution in [0.15, 0.2) is 66.9 Å². The molecule has 0 saturated carbocycles. The monoisotopic (exact) mass is 303 g/mol. The van der Waals surface area contributed by atoms with Crippen LogP contribution >= 0.6 is 0 Å². The second kappa shape index (κ2) is 4.21. The van der Waals surface area contributed by atoms with Crippen molar-refractivity contribution in [3.05, 3.63) is 109 Å². The van der Waals surface area contributed by atoms with Crippen molar-refractivity contribution in [3.63, 3.8) is 0 Å². The molecule has 0 spiro atoms. The van der Waals surface area contributed by atoms with E-state index in [9.17, 15) is 0 Å². The minimum absolute atomic E-state index is 1.11. The van der Waals surface area contributed by atoms with Crippen molar-refractivity contribution in [3.8, 4) is 0 Å². The van der Waals surface area contributed by atoms with Gasteiger partial charge in [-0.05, 0) is 44.0 Å². The van der Waals surface area contributed by atoms with Crippen LogP contribution in [0.2, 0.25) is 0 Å². The Morgan fingerprint density at radius 1 is 0.542 bits per heavy atom. The van der Waals surface area contributed by atoms with Crippen LogP contribution in [0.25, 0.3) is 22.9 Å². The SMILES string of the molecule is C1=c2ccccc2=c2ccc3c4c(ncc3c21)=c1ccccc1=C4. The molecule has 0 unspecified atom stereocenters. The summed E-state index contributed by atoms with van der Waals surface area (Å²) < 4.78 is 0. The molecule has 6 rings (SSSR count). The number of pyridine rings is 1. The standard InChI is InChI=1S/C23H13N/c1-3-7-16-14(5-1)11-20-18(16)9-10-19-21-12-15-6-2-4-8-17(15)23(21)24-13-22(19)20/h1-13H. The molecule has 4 aromatic rings. The van der Waals surface area contributed by atoms with Crippen LogP contribution in [-0.4, -0.2) is 4.98 Å². The van der Waals surface area contributed by atoms with E-state index in [1.807, 2.05) is 6.20 Å². The fraction of sp³-hybridized carbons (Fsp3) is 0. The molecule has 0 radical (unpaired) electrons. The van der Waals surface area contributed by atoms with Gasteiger partial charge in [0.2, 0.25) is 0 Å². The number of rotatable bonds is 0. The molecule has 1 nitrogen and oxygen atoms in total. The molecule has 2 aliphatic carbocycles. The summed E-state index contributed by atoms with van der Waals surface area (Å²) in [5, 5.41) is 10.1. The lowest BCUT2D eigenvalue weighted by molar-refractivity contribution is 1.25. The molecule has 0 aliphatic heterocycles. The van der Waals surface area contributed by atoms with Gasteiger partial charge in [-0.1, -0.05) is 60.7 Å². The number of aromatic nitrogens is 1.